The molecule has 4 aromatic carbocycles. The van der Waals surface area contributed by atoms with Crippen molar-refractivity contribution in [2.75, 3.05) is 23.5 Å². The van der Waals surface area contributed by atoms with Gasteiger partial charge in [0.05, 0.1) is 20.1 Å². The van der Waals surface area contributed by atoms with Crippen LogP contribution in [0.5, 0.6) is 0 Å². The molecule has 0 amide bonds. The number of ketones is 1. The summed E-state index contributed by atoms with van der Waals surface area (Å²) < 4.78 is 57.5. The van der Waals surface area contributed by atoms with Crippen molar-refractivity contribution in [3.8, 4) is 24.7 Å². The van der Waals surface area contributed by atoms with E-state index in [9.17, 15) is 27.2 Å². The summed E-state index contributed by atoms with van der Waals surface area (Å²) in [6.45, 7) is 1.55. The number of nitrogens with zero attached hydrogens (tertiary/aromatic N) is 2. The van der Waals surface area contributed by atoms with E-state index in [1.165, 1.54) is 31.4 Å². The van der Waals surface area contributed by atoms with E-state index in [1.807, 2.05) is 53.4 Å². The van der Waals surface area contributed by atoms with Gasteiger partial charge in [-0.2, -0.15) is 0 Å². The van der Waals surface area contributed by atoms with Crippen molar-refractivity contribution < 1.29 is 31.9 Å². The Morgan fingerprint density at radius 3 is 1.67 bits per heavy atom. The van der Waals surface area contributed by atoms with Gasteiger partial charge < -0.3 is 14.5 Å². The van der Waals surface area contributed by atoms with Gasteiger partial charge in [0.15, 0.2) is 0 Å². The van der Waals surface area contributed by atoms with Crippen LogP contribution in [0, 0.1) is 42.2 Å². The molecule has 5 nitrogen and oxygen atoms in total. The molecule has 0 unspecified atom stereocenters. The average Bonchev–Trinajstić information content (AvgIpc) is 3.97. The predicted molar refractivity (Wildman–Crippen MR) is 204 cm³/mol. The van der Waals surface area contributed by atoms with Gasteiger partial charge in [0.2, 0.25) is 5.92 Å². The molecule has 0 aromatic heterocycles. The lowest BCUT2D eigenvalue weighted by atomic mass is 9.82. The molecule has 2 saturated carbocycles. The molecule has 6 rings (SSSR count). The van der Waals surface area contributed by atoms with Crippen molar-refractivity contribution in [2.45, 2.75) is 75.9 Å². The summed E-state index contributed by atoms with van der Waals surface area (Å²) in [5.41, 5.74) is 5.31. The fourth-order valence-electron chi connectivity index (χ4n) is 6.60. The minimum Gasteiger partial charge on any atom is -0.469 e. The Labute approximate surface area is 315 Å². The van der Waals surface area contributed by atoms with Crippen LogP contribution in [0.25, 0.3) is 0 Å². The maximum Gasteiger partial charge on any atom is 0.309 e. The summed E-state index contributed by atoms with van der Waals surface area (Å²) >= 11 is 0. The van der Waals surface area contributed by atoms with E-state index in [2.05, 4.69) is 16.7 Å². The molecule has 2 aliphatic rings. The fourth-order valence-corrected chi connectivity index (χ4v) is 6.60. The van der Waals surface area contributed by atoms with E-state index >= 15 is 0 Å². The highest BCUT2D eigenvalue weighted by Crippen LogP contribution is 2.44. The zero-order chi connectivity index (χ0) is 38.7. The number of hydrogen-bond donors (Lipinski definition) is 0. The van der Waals surface area contributed by atoms with Gasteiger partial charge in [-0.1, -0.05) is 60.4 Å². The third-order valence-electron chi connectivity index (χ3n) is 10.0. The molecule has 9 heteroatoms. The van der Waals surface area contributed by atoms with E-state index in [-0.39, 0.29) is 73.4 Å². The van der Waals surface area contributed by atoms with Gasteiger partial charge >= 0.3 is 5.97 Å². The van der Waals surface area contributed by atoms with Crippen molar-refractivity contribution in [2.24, 2.45) is 5.92 Å². The van der Waals surface area contributed by atoms with Gasteiger partial charge in [0.25, 0.3) is 0 Å². The number of ether oxygens (including phenoxy) is 1. The number of benzene rings is 4. The number of halogens is 4. The molecule has 0 saturated heterocycles. The first kappa shape index (κ1) is 39.7. The first-order valence-corrected chi connectivity index (χ1v) is 18.0. The van der Waals surface area contributed by atoms with Crippen molar-refractivity contribution in [1.29, 1.82) is 0 Å². The second kappa shape index (κ2) is 18.0. The summed E-state index contributed by atoms with van der Waals surface area (Å²) in [5.74, 6) is 1.88. The first-order valence-electron chi connectivity index (χ1n) is 18.0. The molecule has 4 aromatic rings. The number of methoxy groups -OCH3 is 1. The number of carbonyl (C=O) groups is 2. The third-order valence-corrected chi connectivity index (χ3v) is 10.0. The molecule has 54 heavy (non-hydrogen) atoms. The number of alkyl halides is 2. The normalized spacial score (nSPS) is 15.4. The smallest absolute Gasteiger partial charge is 0.309 e. The lowest BCUT2D eigenvalue weighted by molar-refractivity contribution is -0.139. The number of anilines is 2. The SMILES string of the molecule is C#CC1(N(Cc2ccc(F)cc2)c2ccc(CC(=O)OC)cc2)CC1.C#CCN(Cc1ccc(F)cc1)c1ccc(CC(=O)C2CCC(F)(F)CC2)cc1. The molecule has 2 aliphatic carbocycles. The van der Waals surface area contributed by atoms with Gasteiger partial charge in [0.1, 0.15) is 23.0 Å². The minimum atomic E-state index is -2.62. The van der Waals surface area contributed by atoms with E-state index in [4.69, 9.17) is 17.6 Å². The van der Waals surface area contributed by atoms with Crippen LogP contribution in [0.3, 0.4) is 0 Å². The standard InChI is InChI=1S/C24H24F3NO.C21H20FNO2/c1-2-15-28(17-19-3-7-21(25)8-4-19)22-9-5-18(6-10-22)16-23(29)20-11-13-24(26,27)14-12-20;1-3-21(12-13-21)23(15-17-4-8-18(22)9-5-17)19-10-6-16(7-11-19)14-20(24)25-2/h1,3-10,20H,11-17H2;1,4-11H,12-15H2,2H3. The van der Waals surface area contributed by atoms with Gasteiger partial charge in [0, 0.05) is 49.6 Å². The predicted octanol–water partition coefficient (Wildman–Crippen LogP) is 9.12. The monoisotopic (exact) mass is 736 g/mol. The first-order chi connectivity index (χ1) is 25.9. The van der Waals surface area contributed by atoms with Crippen molar-refractivity contribution in [3.05, 3.63) is 131 Å². The van der Waals surface area contributed by atoms with Crippen molar-refractivity contribution in [3.63, 3.8) is 0 Å². The van der Waals surface area contributed by atoms with Gasteiger partial charge in [-0.3, -0.25) is 9.59 Å². The van der Waals surface area contributed by atoms with E-state index in [0.29, 0.717) is 19.6 Å². The van der Waals surface area contributed by atoms with Crippen molar-refractivity contribution >= 4 is 23.1 Å². The van der Waals surface area contributed by atoms with Crippen LogP contribution in [0.15, 0.2) is 97.1 Å². The Balaban J connectivity index is 0.000000210. The fraction of sp³-hybridized carbons (Fsp3) is 0.333. The van der Waals surface area contributed by atoms with Crippen LogP contribution < -0.4 is 9.80 Å². The van der Waals surface area contributed by atoms with E-state index in [1.54, 1.807) is 24.3 Å². The Morgan fingerprint density at radius 2 is 1.19 bits per heavy atom. The molecule has 280 valence electrons. The Kier molecular flexibility index (Phi) is 13.2. The van der Waals surface area contributed by atoms with Crippen LogP contribution in [0.4, 0.5) is 28.9 Å². The molecule has 0 aliphatic heterocycles. The maximum absolute atomic E-state index is 13.3. The van der Waals surface area contributed by atoms with Crippen LogP contribution >= 0.6 is 0 Å². The number of hydrogen-bond acceptors (Lipinski definition) is 5. The zero-order valence-corrected chi connectivity index (χ0v) is 30.4. The topological polar surface area (TPSA) is 49.9 Å². The Morgan fingerprint density at radius 1 is 0.704 bits per heavy atom. The van der Waals surface area contributed by atoms with E-state index < -0.39 is 5.92 Å². The maximum atomic E-state index is 13.3. The van der Waals surface area contributed by atoms with Gasteiger partial charge in [-0.15, -0.1) is 12.8 Å². The minimum absolute atomic E-state index is 0.0278. The largest absolute Gasteiger partial charge is 0.469 e. The zero-order valence-electron chi connectivity index (χ0n) is 30.4. The second-order valence-corrected chi connectivity index (χ2v) is 13.9. The average molecular weight is 737 g/mol. The second-order valence-electron chi connectivity index (χ2n) is 13.9. The summed E-state index contributed by atoms with van der Waals surface area (Å²) in [6.07, 6.45) is 13.8. The summed E-state index contributed by atoms with van der Waals surface area (Å²) in [7, 11) is 1.38. The van der Waals surface area contributed by atoms with Crippen LogP contribution in [-0.2, 0) is 40.3 Å². The van der Waals surface area contributed by atoms with Crippen molar-refractivity contribution in [1.82, 2.24) is 0 Å². The third kappa shape index (κ3) is 11.0. The number of Topliss-reactive ketones (excluding diaryl/α,β-unsaturated/α-hetero) is 1. The molecular formula is C45H44F4N2O3. The summed E-state index contributed by atoms with van der Waals surface area (Å²) in [5, 5.41) is 0. The number of esters is 1. The van der Waals surface area contributed by atoms with Crippen LogP contribution in [0.1, 0.15) is 60.8 Å². The Bertz CT molecular complexity index is 1930. The molecule has 0 spiro atoms. The van der Waals surface area contributed by atoms with Gasteiger partial charge in [-0.05, 0) is 96.5 Å². The number of carbonyl (C=O) groups excluding carboxylic acids is 2. The van der Waals surface area contributed by atoms with Crippen LogP contribution in [0.2, 0.25) is 0 Å². The lowest BCUT2D eigenvalue weighted by Crippen LogP contribution is -2.35. The quantitative estimate of drug-likeness (QED) is 0.0779. The number of terminal acetylenes is 2. The highest BCUT2D eigenvalue weighted by atomic mass is 19.3. The summed E-state index contributed by atoms with van der Waals surface area (Å²) in [4.78, 5) is 28.0. The summed E-state index contributed by atoms with van der Waals surface area (Å²) in [6, 6.07) is 28.1. The van der Waals surface area contributed by atoms with E-state index in [0.717, 1.165) is 46.5 Å². The van der Waals surface area contributed by atoms with Crippen LogP contribution in [-0.4, -0.2) is 36.9 Å². The molecule has 0 bridgehead atoms. The molecular weight excluding hydrogens is 692 g/mol. The highest BCUT2D eigenvalue weighted by Gasteiger charge is 2.46. The number of rotatable bonds is 13. The Hall–Kier alpha value is -5.54. The molecule has 0 radical (unpaired) electrons. The molecule has 0 heterocycles. The lowest BCUT2D eigenvalue weighted by Gasteiger charge is -2.31. The molecule has 0 atom stereocenters. The van der Waals surface area contributed by atoms with Gasteiger partial charge in [-0.25, -0.2) is 17.6 Å². The molecule has 0 N–H and O–H groups in total. The molecule has 2 fully saturated rings. The highest BCUT2D eigenvalue weighted by molar-refractivity contribution is 5.83.